The van der Waals surface area contributed by atoms with E-state index < -0.39 is 0 Å². The highest BCUT2D eigenvalue weighted by Gasteiger charge is 2.10. The van der Waals surface area contributed by atoms with Gasteiger partial charge >= 0.3 is 0 Å². The summed E-state index contributed by atoms with van der Waals surface area (Å²) in [5.74, 6) is 0. The van der Waals surface area contributed by atoms with Crippen LogP contribution in [0.25, 0.3) is 10.9 Å². The first kappa shape index (κ1) is 10.9. The minimum Gasteiger partial charge on any atom is -0.348 e. The second-order valence-corrected chi connectivity index (χ2v) is 4.54. The summed E-state index contributed by atoms with van der Waals surface area (Å²) in [6.45, 7) is 0. The van der Waals surface area contributed by atoms with Crippen molar-refractivity contribution in [1.29, 1.82) is 0 Å². The zero-order valence-corrected chi connectivity index (χ0v) is 10.7. The maximum atomic E-state index is 2.22. The molecule has 0 bridgehead atoms. The first-order valence-electron chi connectivity index (χ1n) is 6.10. The molecule has 0 aliphatic heterocycles. The molecule has 2 nitrogen and oxygen atoms in total. The Morgan fingerprint density at radius 1 is 0.889 bits per heavy atom. The van der Waals surface area contributed by atoms with E-state index in [1.807, 2.05) is 6.07 Å². The van der Waals surface area contributed by atoms with Gasteiger partial charge < -0.3 is 9.47 Å². The minimum atomic E-state index is 1.20. The molecule has 0 saturated heterocycles. The summed E-state index contributed by atoms with van der Waals surface area (Å²) in [5.41, 5.74) is 3.70. The van der Waals surface area contributed by atoms with Crippen molar-refractivity contribution < 1.29 is 0 Å². The highest BCUT2D eigenvalue weighted by atomic mass is 15.1. The van der Waals surface area contributed by atoms with Gasteiger partial charge in [0.15, 0.2) is 0 Å². The second-order valence-electron chi connectivity index (χ2n) is 4.54. The van der Waals surface area contributed by atoms with Crippen LogP contribution in [0.4, 0.5) is 11.4 Å². The lowest BCUT2D eigenvalue weighted by Gasteiger charge is -2.18. The van der Waals surface area contributed by atoms with Crippen molar-refractivity contribution >= 4 is 22.3 Å². The van der Waals surface area contributed by atoms with Gasteiger partial charge in [-0.25, -0.2) is 0 Å². The molecule has 18 heavy (non-hydrogen) atoms. The smallest absolute Gasteiger partial charge is 0.0667 e. The first-order valence-corrected chi connectivity index (χ1v) is 6.10. The van der Waals surface area contributed by atoms with Crippen LogP contribution in [-0.2, 0) is 7.05 Å². The summed E-state index contributed by atoms with van der Waals surface area (Å²) >= 11 is 0. The molecule has 0 spiro atoms. The zero-order valence-electron chi connectivity index (χ0n) is 10.7. The number of para-hydroxylation sites is 2. The van der Waals surface area contributed by atoms with E-state index in [1.165, 1.54) is 22.3 Å². The molecule has 1 aromatic heterocycles. The number of aryl methyl sites for hydroxylation is 1. The highest BCUT2D eigenvalue weighted by Crippen LogP contribution is 2.31. The van der Waals surface area contributed by atoms with Gasteiger partial charge in [-0.05, 0) is 18.2 Å². The number of fused-ring (bicyclic) bond motifs is 1. The number of anilines is 2. The van der Waals surface area contributed by atoms with E-state index in [0.717, 1.165) is 0 Å². The summed E-state index contributed by atoms with van der Waals surface area (Å²) in [6, 6.07) is 18.9. The summed E-state index contributed by atoms with van der Waals surface area (Å²) in [6.07, 6.45) is 2.18. The number of rotatable bonds is 2. The zero-order chi connectivity index (χ0) is 12.5. The molecule has 0 fully saturated rings. The van der Waals surface area contributed by atoms with Crippen molar-refractivity contribution in [3.05, 3.63) is 60.8 Å². The third-order valence-corrected chi connectivity index (χ3v) is 3.38. The summed E-state index contributed by atoms with van der Waals surface area (Å²) in [7, 11) is 4.20. The van der Waals surface area contributed by atoms with E-state index >= 15 is 0 Å². The van der Waals surface area contributed by atoms with E-state index in [1.54, 1.807) is 0 Å². The molecule has 2 heteroatoms. The average molecular weight is 236 g/mol. The molecular weight excluding hydrogens is 220 g/mol. The van der Waals surface area contributed by atoms with Crippen LogP contribution in [0.1, 0.15) is 0 Å². The molecule has 0 aliphatic carbocycles. The lowest BCUT2D eigenvalue weighted by molar-refractivity contribution is 0.965. The maximum absolute atomic E-state index is 2.22. The molecule has 0 radical (unpaired) electrons. The normalized spacial score (nSPS) is 10.8. The van der Waals surface area contributed by atoms with Crippen LogP contribution in [0.15, 0.2) is 60.8 Å². The molecule has 0 N–H and O–H groups in total. The summed E-state index contributed by atoms with van der Waals surface area (Å²) in [5, 5.41) is 1.28. The molecule has 0 saturated carbocycles. The van der Waals surface area contributed by atoms with Gasteiger partial charge in [-0.2, -0.15) is 0 Å². The molecule has 3 rings (SSSR count). The highest BCUT2D eigenvalue weighted by molar-refractivity contribution is 5.95. The number of hydrogen-bond acceptors (Lipinski definition) is 1. The van der Waals surface area contributed by atoms with Gasteiger partial charge in [-0.15, -0.1) is 0 Å². The van der Waals surface area contributed by atoms with Gasteiger partial charge in [-0.3, -0.25) is 0 Å². The van der Waals surface area contributed by atoms with Crippen molar-refractivity contribution in [2.24, 2.45) is 7.05 Å². The van der Waals surface area contributed by atoms with Crippen LogP contribution in [0.2, 0.25) is 0 Å². The number of hydrogen-bond donors (Lipinski definition) is 0. The van der Waals surface area contributed by atoms with Crippen molar-refractivity contribution in [2.45, 2.75) is 0 Å². The fraction of sp³-hybridized carbons (Fsp3) is 0.125. The fourth-order valence-corrected chi connectivity index (χ4v) is 2.38. The van der Waals surface area contributed by atoms with Crippen LogP contribution in [-0.4, -0.2) is 11.6 Å². The van der Waals surface area contributed by atoms with Gasteiger partial charge in [0.05, 0.1) is 5.69 Å². The monoisotopic (exact) mass is 236 g/mol. The SMILES string of the molecule is CN(c1ccccc1)c1cn(C)c2ccccc12. The van der Waals surface area contributed by atoms with E-state index in [0.29, 0.717) is 0 Å². The van der Waals surface area contributed by atoms with Gasteiger partial charge in [-0.1, -0.05) is 36.4 Å². The molecule has 90 valence electrons. The molecule has 1 heterocycles. The van der Waals surface area contributed by atoms with E-state index in [4.69, 9.17) is 0 Å². The van der Waals surface area contributed by atoms with E-state index in [-0.39, 0.29) is 0 Å². The molecule has 2 aromatic carbocycles. The number of aromatic nitrogens is 1. The lowest BCUT2D eigenvalue weighted by Crippen LogP contribution is -2.08. The van der Waals surface area contributed by atoms with Gasteiger partial charge in [0, 0.05) is 36.9 Å². The van der Waals surface area contributed by atoms with Crippen LogP contribution >= 0.6 is 0 Å². The molecule has 0 aliphatic rings. The van der Waals surface area contributed by atoms with Gasteiger partial charge in [0.25, 0.3) is 0 Å². The van der Waals surface area contributed by atoms with Gasteiger partial charge in [0.2, 0.25) is 0 Å². The van der Waals surface area contributed by atoms with Crippen LogP contribution in [0.5, 0.6) is 0 Å². The molecular formula is C16H16N2. The first-order chi connectivity index (χ1) is 8.77. The lowest BCUT2D eigenvalue weighted by atomic mass is 10.2. The van der Waals surface area contributed by atoms with Crippen molar-refractivity contribution in [2.75, 3.05) is 11.9 Å². The molecule has 0 unspecified atom stereocenters. The second kappa shape index (κ2) is 4.22. The Bertz CT molecular complexity index is 668. The number of benzene rings is 2. The van der Waals surface area contributed by atoms with Crippen molar-refractivity contribution in [3.63, 3.8) is 0 Å². The predicted molar refractivity (Wildman–Crippen MR) is 77.4 cm³/mol. The Balaban J connectivity index is 2.15. The van der Waals surface area contributed by atoms with Crippen LogP contribution in [0.3, 0.4) is 0 Å². The molecule has 3 aromatic rings. The van der Waals surface area contributed by atoms with Crippen molar-refractivity contribution in [1.82, 2.24) is 4.57 Å². The maximum Gasteiger partial charge on any atom is 0.0667 e. The average Bonchev–Trinajstić information content (AvgIpc) is 2.77. The molecule has 0 amide bonds. The van der Waals surface area contributed by atoms with Gasteiger partial charge in [0.1, 0.15) is 0 Å². The predicted octanol–water partition coefficient (Wildman–Crippen LogP) is 3.95. The summed E-state index contributed by atoms with van der Waals surface area (Å²) < 4.78 is 2.17. The Labute approximate surface area is 107 Å². The Kier molecular flexibility index (Phi) is 2.56. The fourth-order valence-electron chi connectivity index (χ4n) is 2.38. The van der Waals surface area contributed by atoms with Crippen molar-refractivity contribution in [3.8, 4) is 0 Å². The van der Waals surface area contributed by atoms with Crippen LogP contribution < -0.4 is 4.90 Å². The Morgan fingerprint density at radius 3 is 2.33 bits per heavy atom. The third kappa shape index (κ3) is 1.66. The quantitative estimate of drug-likeness (QED) is 0.654. The standard InChI is InChI=1S/C16H16N2/c1-17-12-16(14-10-6-7-11-15(14)17)18(2)13-8-4-3-5-9-13/h3-12H,1-2H3. The Hall–Kier alpha value is -2.22. The largest absolute Gasteiger partial charge is 0.348 e. The van der Waals surface area contributed by atoms with Crippen LogP contribution in [0, 0.1) is 0 Å². The third-order valence-electron chi connectivity index (χ3n) is 3.38. The molecule has 0 atom stereocenters. The summed E-state index contributed by atoms with van der Waals surface area (Å²) in [4.78, 5) is 2.22. The van der Waals surface area contributed by atoms with E-state index in [9.17, 15) is 0 Å². The number of nitrogens with zero attached hydrogens (tertiary/aromatic N) is 2. The minimum absolute atomic E-state index is 1.20. The Morgan fingerprint density at radius 2 is 1.56 bits per heavy atom. The van der Waals surface area contributed by atoms with E-state index in [2.05, 4.69) is 78.3 Å². The topological polar surface area (TPSA) is 8.17 Å².